The molecule has 0 spiro atoms. The Balaban J connectivity index is 1.55. The van der Waals surface area contributed by atoms with Crippen molar-refractivity contribution in [3.05, 3.63) is 64.5 Å². The van der Waals surface area contributed by atoms with Gasteiger partial charge in [-0.15, -0.1) is 0 Å². The van der Waals surface area contributed by atoms with E-state index >= 15 is 0 Å². The van der Waals surface area contributed by atoms with E-state index in [1.54, 1.807) is 21.0 Å². The number of hydrogen-bond donors (Lipinski definition) is 1. The van der Waals surface area contributed by atoms with Crippen LogP contribution in [-0.2, 0) is 9.47 Å². The number of nitrogens with one attached hydrogen (secondary N) is 1. The maximum atomic E-state index is 13.1. The number of carbonyl (C=O) groups is 2. The van der Waals surface area contributed by atoms with Crippen molar-refractivity contribution in [1.82, 2.24) is 14.8 Å². The lowest BCUT2D eigenvalue weighted by Crippen LogP contribution is -2.48. The first-order chi connectivity index (χ1) is 15.0. The molecule has 31 heavy (non-hydrogen) atoms. The molecule has 7 nitrogen and oxygen atoms in total. The number of aromatic amines is 1. The maximum Gasteiger partial charge on any atom is 0.340 e. The van der Waals surface area contributed by atoms with Crippen LogP contribution < -0.4 is 0 Å². The summed E-state index contributed by atoms with van der Waals surface area (Å²) < 4.78 is 10.1. The molecule has 1 aromatic heterocycles. The Morgan fingerprint density at radius 1 is 1.06 bits per heavy atom. The second-order valence-electron chi connectivity index (χ2n) is 7.66. The maximum absolute atomic E-state index is 13.1. The summed E-state index contributed by atoms with van der Waals surface area (Å²) in [6.45, 7) is 7.89. The molecule has 2 aromatic rings. The van der Waals surface area contributed by atoms with Gasteiger partial charge in [-0.3, -0.25) is 9.69 Å². The summed E-state index contributed by atoms with van der Waals surface area (Å²) >= 11 is 0. The van der Waals surface area contributed by atoms with Gasteiger partial charge in [0.05, 0.1) is 12.2 Å². The quantitative estimate of drug-likeness (QED) is 0.520. The van der Waals surface area contributed by atoms with Crippen LogP contribution in [0.4, 0.5) is 0 Å². The van der Waals surface area contributed by atoms with E-state index in [9.17, 15) is 9.59 Å². The van der Waals surface area contributed by atoms with Crippen molar-refractivity contribution < 1.29 is 19.1 Å². The van der Waals surface area contributed by atoms with Crippen molar-refractivity contribution in [1.29, 1.82) is 0 Å². The molecule has 1 aliphatic heterocycles. The number of ether oxygens (including phenoxy) is 2. The molecule has 1 aliphatic rings. The van der Waals surface area contributed by atoms with Crippen molar-refractivity contribution in [2.45, 2.75) is 13.8 Å². The Labute approximate surface area is 183 Å². The fourth-order valence-corrected chi connectivity index (χ4v) is 3.75. The number of esters is 1. The molecular weight excluding hydrogens is 394 g/mol. The number of methoxy groups -OCH3 is 1. The lowest BCUT2D eigenvalue weighted by molar-refractivity contribution is 0.0387. The van der Waals surface area contributed by atoms with E-state index in [0.29, 0.717) is 42.2 Å². The second kappa shape index (κ2) is 10.9. The van der Waals surface area contributed by atoms with Crippen LogP contribution in [0.2, 0.25) is 0 Å². The molecule has 1 fully saturated rings. The Kier molecular flexibility index (Phi) is 8.03. The Morgan fingerprint density at radius 3 is 2.45 bits per heavy atom. The highest BCUT2D eigenvalue weighted by Crippen LogP contribution is 2.21. The third-order valence-electron chi connectivity index (χ3n) is 5.51. The van der Waals surface area contributed by atoms with Gasteiger partial charge in [0.15, 0.2) is 0 Å². The molecule has 3 rings (SSSR count). The summed E-state index contributed by atoms with van der Waals surface area (Å²) in [6.07, 6.45) is 4.28. The van der Waals surface area contributed by atoms with Crippen LogP contribution in [0, 0.1) is 13.8 Å². The van der Waals surface area contributed by atoms with Gasteiger partial charge in [-0.1, -0.05) is 42.5 Å². The summed E-state index contributed by atoms with van der Waals surface area (Å²) in [7, 11) is 1.55. The third-order valence-corrected chi connectivity index (χ3v) is 5.51. The molecule has 166 valence electrons. The number of rotatable bonds is 8. The van der Waals surface area contributed by atoms with E-state index in [1.165, 1.54) is 5.56 Å². The summed E-state index contributed by atoms with van der Waals surface area (Å²) in [5.74, 6) is -0.506. The summed E-state index contributed by atoms with van der Waals surface area (Å²) in [6, 6.07) is 10.2. The number of aromatic nitrogens is 1. The lowest BCUT2D eigenvalue weighted by Gasteiger charge is -2.34. The standard InChI is InChI=1S/C24H31N3O4/c1-18-21(24(29)31-17-16-30-3)19(2)25-22(18)23(28)27-14-12-26(13-15-27)11-7-10-20-8-5-4-6-9-20/h4-10,25H,11-17H2,1-3H3/b10-7+. The fraction of sp³-hybridized carbons (Fsp3) is 0.417. The van der Waals surface area contributed by atoms with Crippen LogP contribution in [0.1, 0.15) is 37.7 Å². The van der Waals surface area contributed by atoms with E-state index in [4.69, 9.17) is 9.47 Å². The molecule has 1 aromatic carbocycles. The predicted molar refractivity (Wildman–Crippen MR) is 120 cm³/mol. The van der Waals surface area contributed by atoms with Gasteiger partial charge in [-0.05, 0) is 25.0 Å². The van der Waals surface area contributed by atoms with Crippen LogP contribution in [0.15, 0.2) is 36.4 Å². The minimum Gasteiger partial charge on any atom is -0.460 e. The first kappa shape index (κ1) is 22.8. The normalized spacial score (nSPS) is 14.9. The fourth-order valence-electron chi connectivity index (χ4n) is 3.75. The summed E-state index contributed by atoms with van der Waals surface area (Å²) in [5, 5.41) is 0. The SMILES string of the molecule is COCCOC(=O)c1c(C)[nH]c(C(=O)N2CCN(C/C=C/c3ccccc3)CC2)c1C. The average Bonchev–Trinajstić information content (AvgIpc) is 3.08. The minimum atomic E-state index is -0.433. The van der Waals surface area contributed by atoms with Crippen molar-refractivity contribution in [2.24, 2.45) is 0 Å². The molecule has 0 unspecified atom stereocenters. The van der Waals surface area contributed by atoms with E-state index < -0.39 is 5.97 Å². The lowest BCUT2D eigenvalue weighted by atomic mass is 10.1. The monoisotopic (exact) mass is 425 g/mol. The number of amides is 1. The number of nitrogens with zero attached hydrogens (tertiary/aromatic N) is 2. The van der Waals surface area contributed by atoms with Gasteiger partial charge < -0.3 is 19.4 Å². The van der Waals surface area contributed by atoms with Crippen LogP contribution in [0.25, 0.3) is 6.08 Å². The topological polar surface area (TPSA) is 74.9 Å². The van der Waals surface area contributed by atoms with Gasteiger partial charge in [0, 0.05) is 45.5 Å². The minimum absolute atomic E-state index is 0.0731. The van der Waals surface area contributed by atoms with Gasteiger partial charge >= 0.3 is 5.97 Å². The van der Waals surface area contributed by atoms with E-state index in [1.807, 2.05) is 23.1 Å². The summed E-state index contributed by atoms with van der Waals surface area (Å²) in [4.78, 5) is 32.7. The highest BCUT2D eigenvalue weighted by molar-refractivity contribution is 6.00. The first-order valence-electron chi connectivity index (χ1n) is 10.6. The summed E-state index contributed by atoms with van der Waals surface area (Å²) in [5.41, 5.74) is 3.37. The number of aryl methyl sites for hydroxylation is 1. The molecule has 1 saturated heterocycles. The highest BCUT2D eigenvalue weighted by Gasteiger charge is 2.28. The molecule has 0 bridgehead atoms. The highest BCUT2D eigenvalue weighted by atomic mass is 16.6. The number of hydrogen-bond acceptors (Lipinski definition) is 5. The van der Waals surface area contributed by atoms with Crippen LogP contribution in [0.3, 0.4) is 0 Å². The van der Waals surface area contributed by atoms with Gasteiger partial charge in [-0.25, -0.2) is 4.79 Å². The first-order valence-corrected chi connectivity index (χ1v) is 10.6. The van der Waals surface area contributed by atoms with Crippen LogP contribution in [-0.4, -0.2) is 79.7 Å². The second-order valence-corrected chi connectivity index (χ2v) is 7.66. The Morgan fingerprint density at radius 2 is 1.77 bits per heavy atom. The average molecular weight is 426 g/mol. The Bertz CT molecular complexity index is 912. The number of benzene rings is 1. The van der Waals surface area contributed by atoms with Gasteiger partial charge in [0.2, 0.25) is 0 Å². The van der Waals surface area contributed by atoms with Crippen molar-refractivity contribution in [3.8, 4) is 0 Å². The molecule has 0 aliphatic carbocycles. The third kappa shape index (κ3) is 5.83. The van der Waals surface area contributed by atoms with Crippen molar-refractivity contribution in [2.75, 3.05) is 53.0 Å². The smallest absolute Gasteiger partial charge is 0.340 e. The van der Waals surface area contributed by atoms with E-state index in [0.717, 1.165) is 19.6 Å². The molecule has 1 N–H and O–H groups in total. The molecule has 0 radical (unpaired) electrons. The van der Waals surface area contributed by atoms with Crippen LogP contribution >= 0.6 is 0 Å². The zero-order valence-electron chi connectivity index (χ0n) is 18.5. The molecule has 1 amide bonds. The molecule has 7 heteroatoms. The zero-order valence-corrected chi connectivity index (χ0v) is 18.5. The van der Waals surface area contributed by atoms with Gasteiger partial charge in [-0.2, -0.15) is 0 Å². The Hall–Kier alpha value is -2.90. The van der Waals surface area contributed by atoms with E-state index in [2.05, 4.69) is 34.2 Å². The van der Waals surface area contributed by atoms with E-state index in [-0.39, 0.29) is 12.5 Å². The molecule has 0 atom stereocenters. The largest absolute Gasteiger partial charge is 0.460 e. The number of piperazine rings is 1. The molecule has 0 saturated carbocycles. The van der Waals surface area contributed by atoms with Crippen LogP contribution in [0.5, 0.6) is 0 Å². The molecular formula is C24H31N3O4. The van der Waals surface area contributed by atoms with Crippen molar-refractivity contribution >= 4 is 18.0 Å². The number of H-pyrrole nitrogens is 1. The van der Waals surface area contributed by atoms with Crippen molar-refractivity contribution in [3.63, 3.8) is 0 Å². The van der Waals surface area contributed by atoms with Gasteiger partial charge in [0.1, 0.15) is 12.3 Å². The predicted octanol–water partition coefficient (Wildman–Crippen LogP) is 2.91. The van der Waals surface area contributed by atoms with Gasteiger partial charge in [0.25, 0.3) is 5.91 Å². The molecule has 2 heterocycles. The zero-order chi connectivity index (χ0) is 22.2. The number of carbonyl (C=O) groups excluding carboxylic acids is 2.